The summed E-state index contributed by atoms with van der Waals surface area (Å²) in [5.41, 5.74) is 4.65. The number of thiophene rings is 2. The molecule has 0 N–H and O–H groups in total. The third-order valence-corrected chi connectivity index (χ3v) is 8.12. The van der Waals surface area contributed by atoms with Crippen LogP contribution in [0.25, 0.3) is 52.4 Å². The Bertz CT molecular complexity index is 1630. The molecule has 0 radical (unpaired) electrons. The van der Waals surface area contributed by atoms with Gasteiger partial charge in [-0.25, -0.2) is 9.97 Å². The second kappa shape index (κ2) is 6.59. The molecule has 0 spiro atoms. The van der Waals surface area contributed by atoms with Crippen molar-refractivity contribution in [1.29, 1.82) is 0 Å². The molecule has 0 aliphatic heterocycles. The minimum absolute atomic E-state index is 0.0458. The number of aryl methyl sites for hydroxylation is 1. The molecule has 0 amide bonds. The van der Waals surface area contributed by atoms with E-state index in [9.17, 15) is 0 Å². The van der Waals surface area contributed by atoms with Gasteiger partial charge in [0.05, 0.1) is 15.9 Å². The molecule has 3 heterocycles. The summed E-state index contributed by atoms with van der Waals surface area (Å²) >= 11 is 3.65. The zero-order valence-corrected chi connectivity index (χ0v) is 19.6. The van der Waals surface area contributed by atoms with Crippen LogP contribution in [0, 0.1) is 6.92 Å². The molecule has 0 unspecified atom stereocenters. The van der Waals surface area contributed by atoms with Gasteiger partial charge < -0.3 is 0 Å². The van der Waals surface area contributed by atoms with Gasteiger partial charge in [0.1, 0.15) is 6.33 Å². The maximum Gasteiger partial charge on any atom is 0.116 e. The second-order valence-corrected chi connectivity index (χ2v) is 11.6. The highest BCUT2D eigenvalue weighted by molar-refractivity contribution is 7.26. The average molecular weight is 439 g/mol. The van der Waals surface area contributed by atoms with Crippen LogP contribution in [0.3, 0.4) is 0 Å². The van der Waals surface area contributed by atoms with E-state index in [1.807, 2.05) is 11.3 Å². The zero-order valence-electron chi connectivity index (χ0n) is 18.0. The highest BCUT2D eigenvalue weighted by Gasteiger charge is 2.20. The Morgan fingerprint density at radius 2 is 1.61 bits per heavy atom. The Morgan fingerprint density at radius 1 is 0.774 bits per heavy atom. The number of fused-ring (bicyclic) bond motifs is 5. The Kier molecular flexibility index (Phi) is 4.02. The molecular formula is C27H22N2S2. The van der Waals surface area contributed by atoms with Crippen molar-refractivity contribution in [1.82, 2.24) is 9.97 Å². The monoisotopic (exact) mass is 438 g/mol. The summed E-state index contributed by atoms with van der Waals surface area (Å²) < 4.78 is 3.77. The third-order valence-electron chi connectivity index (χ3n) is 5.96. The van der Waals surface area contributed by atoms with Crippen LogP contribution in [0.1, 0.15) is 31.2 Å². The lowest BCUT2D eigenvalue weighted by molar-refractivity contribution is 0.596. The Morgan fingerprint density at radius 3 is 2.45 bits per heavy atom. The zero-order chi connectivity index (χ0) is 21.3. The van der Waals surface area contributed by atoms with E-state index in [2.05, 4.69) is 82.3 Å². The van der Waals surface area contributed by atoms with Crippen molar-refractivity contribution >= 4 is 63.8 Å². The van der Waals surface area contributed by atoms with Gasteiger partial charge in [-0.15, -0.1) is 22.7 Å². The van der Waals surface area contributed by atoms with Crippen LogP contribution in [0.2, 0.25) is 0 Å². The van der Waals surface area contributed by atoms with Gasteiger partial charge in [-0.1, -0.05) is 45.0 Å². The minimum atomic E-state index is 0.0458. The van der Waals surface area contributed by atoms with Crippen LogP contribution in [-0.2, 0) is 5.41 Å². The molecule has 0 bridgehead atoms. The van der Waals surface area contributed by atoms with Gasteiger partial charge in [0.25, 0.3) is 0 Å². The van der Waals surface area contributed by atoms with Gasteiger partial charge in [0.15, 0.2) is 0 Å². The molecule has 152 valence electrons. The Balaban J connectivity index is 1.67. The maximum atomic E-state index is 4.78. The van der Waals surface area contributed by atoms with E-state index in [0.717, 1.165) is 11.2 Å². The lowest BCUT2D eigenvalue weighted by Crippen LogP contribution is -2.12. The van der Waals surface area contributed by atoms with Crippen molar-refractivity contribution in [2.24, 2.45) is 0 Å². The van der Waals surface area contributed by atoms with E-state index in [0.29, 0.717) is 0 Å². The topological polar surface area (TPSA) is 25.8 Å². The fraction of sp³-hybridized carbons (Fsp3) is 0.185. The molecule has 0 saturated carbocycles. The molecule has 4 heteroatoms. The first kappa shape index (κ1) is 18.9. The fourth-order valence-corrected chi connectivity index (χ4v) is 6.66. The fourth-order valence-electron chi connectivity index (χ4n) is 4.51. The van der Waals surface area contributed by atoms with Gasteiger partial charge in [-0.3, -0.25) is 0 Å². The molecular weight excluding hydrogens is 416 g/mol. The highest BCUT2D eigenvalue weighted by atomic mass is 32.1. The van der Waals surface area contributed by atoms with Crippen LogP contribution >= 0.6 is 22.7 Å². The first-order chi connectivity index (χ1) is 14.9. The van der Waals surface area contributed by atoms with Crippen LogP contribution in [0.5, 0.6) is 0 Å². The summed E-state index contributed by atoms with van der Waals surface area (Å²) in [5, 5.41) is 5.12. The summed E-state index contributed by atoms with van der Waals surface area (Å²) in [7, 11) is 0. The molecule has 3 aromatic carbocycles. The van der Waals surface area contributed by atoms with Crippen LogP contribution in [0.15, 0.2) is 60.9 Å². The first-order valence-corrected chi connectivity index (χ1v) is 12.1. The molecule has 0 fully saturated rings. The van der Waals surface area contributed by atoms with E-state index in [1.165, 1.54) is 51.6 Å². The lowest BCUT2D eigenvalue weighted by Gasteiger charge is -2.22. The molecule has 2 nitrogen and oxygen atoms in total. The van der Waals surface area contributed by atoms with Crippen molar-refractivity contribution in [3.8, 4) is 11.3 Å². The summed E-state index contributed by atoms with van der Waals surface area (Å²) in [4.78, 5) is 10.8. The molecule has 0 atom stereocenters. The van der Waals surface area contributed by atoms with E-state index in [1.54, 1.807) is 17.7 Å². The van der Waals surface area contributed by atoms with Gasteiger partial charge >= 0.3 is 0 Å². The van der Waals surface area contributed by atoms with Crippen molar-refractivity contribution in [2.75, 3.05) is 0 Å². The molecule has 31 heavy (non-hydrogen) atoms. The predicted molar refractivity (Wildman–Crippen MR) is 137 cm³/mol. The van der Waals surface area contributed by atoms with Gasteiger partial charge in [-0.2, -0.15) is 0 Å². The van der Waals surface area contributed by atoms with Gasteiger partial charge in [0.2, 0.25) is 0 Å². The largest absolute Gasteiger partial charge is 0.235 e. The standard InChI is InChI=1S/C27H22N2S2/c1-15-9-17-12-23-20(13-22(17)30-15)25-26(31-23)24(28-14-29-25)18-10-16-7-5-6-8-19(16)21(11-18)27(2,3)4/h5-14H,1-4H3. The van der Waals surface area contributed by atoms with Gasteiger partial charge in [-0.05, 0) is 64.4 Å². The quantitative estimate of drug-likeness (QED) is 0.257. The first-order valence-electron chi connectivity index (χ1n) is 10.5. The summed E-state index contributed by atoms with van der Waals surface area (Å²) in [6.45, 7) is 9.01. The molecule has 6 aromatic rings. The highest BCUT2D eigenvalue weighted by Crippen LogP contribution is 2.42. The molecule has 3 aromatic heterocycles. The second-order valence-electron chi connectivity index (χ2n) is 9.24. The Labute approximate surface area is 189 Å². The van der Waals surface area contributed by atoms with E-state index in [-0.39, 0.29) is 5.41 Å². The minimum Gasteiger partial charge on any atom is -0.235 e. The summed E-state index contributed by atoms with van der Waals surface area (Å²) in [6.07, 6.45) is 1.72. The third kappa shape index (κ3) is 2.97. The molecule has 0 aliphatic carbocycles. The van der Waals surface area contributed by atoms with E-state index in [4.69, 9.17) is 9.97 Å². The van der Waals surface area contributed by atoms with E-state index >= 15 is 0 Å². The van der Waals surface area contributed by atoms with Crippen molar-refractivity contribution in [3.05, 3.63) is 71.4 Å². The SMILES string of the molecule is Cc1cc2cc3sc4c(-c5cc(C(C)(C)C)c6ccccc6c5)ncnc4c3cc2s1. The Hall–Kier alpha value is -2.82. The van der Waals surface area contributed by atoms with Crippen LogP contribution in [0.4, 0.5) is 0 Å². The number of benzene rings is 3. The molecule has 6 rings (SSSR count). The summed E-state index contributed by atoms with van der Waals surface area (Å²) in [6, 6.07) is 20.2. The number of rotatable bonds is 1. The number of aromatic nitrogens is 2. The van der Waals surface area contributed by atoms with Crippen LogP contribution < -0.4 is 0 Å². The predicted octanol–water partition coefficient (Wildman–Crippen LogP) is 8.49. The molecule has 0 aliphatic rings. The smallest absolute Gasteiger partial charge is 0.116 e. The van der Waals surface area contributed by atoms with Crippen molar-refractivity contribution in [3.63, 3.8) is 0 Å². The lowest BCUT2D eigenvalue weighted by atomic mass is 9.82. The van der Waals surface area contributed by atoms with E-state index < -0.39 is 0 Å². The van der Waals surface area contributed by atoms with Crippen molar-refractivity contribution in [2.45, 2.75) is 33.1 Å². The maximum absolute atomic E-state index is 4.78. The molecule has 0 saturated heterocycles. The summed E-state index contributed by atoms with van der Waals surface area (Å²) in [5.74, 6) is 0. The van der Waals surface area contributed by atoms with Crippen molar-refractivity contribution < 1.29 is 0 Å². The normalized spacial score (nSPS) is 12.5. The van der Waals surface area contributed by atoms with Gasteiger partial charge in [0, 0.05) is 25.2 Å². The number of nitrogens with zero attached hydrogens (tertiary/aromatic N) is 2. The average Bonchev–Trinajstić information content (AvgIpc) is 3.28. The number of hydrogen-bond acceptors (Lipinski definition) is 4. The van der Waals surface area contributed by atoms with Crippen LogP contribution in [-0.4, -0.2) is 9.97 Å². The number of hydrogen-bond donors (Lipinski definition) is 0.